The summed E-state index contributed by atoms with van der Waals surface area (Å²) in [6.07, 6.45) is 20.6. The number of para-hydroxylation sites is 1. The Morgan fingerprint density at radius 3 is 2.69 bits per heavy atom. The zero-order chi connectivity index (χ0) is 18.8. The fourth-order valence-corrected chi connectivity index (χ4v) is 3.29. The highest BCUT2D eigenvalue weighted by Crippen LogP contribution is 2.26. The highest BCUT2D eigenvalue weighted by Gasteiger charge is 2.10. The molecule has 0 spiro atoms. The van der Waals surface area contributed by atoms with Gasteiger partial charge in [-0.25, -0.2) is 0 Å². The number of aromatic nitrogens is 1. The molecule has 0 amide bonds. The maximum absolute atomic E-state index is 3.80. The molecule has 0 saturated carbocycles. The molecule has 1 aromatic heterocycles. The van der Waals surface area contributed by atoms with Gasteiger partial charge in [-0.3, -0.25) is 0 Å². The average Bonchev–Trinajstić information content (AvgIpc) is 2.94. The Balaban J connectivity index is 2.21. The zero-order valence-electron chi connectivity index (χ0n) is 16.4. The number of nitrogens with zero attached hydrogens (tertiary/aromatic N) is 1. The first-order valence-electron chi connectivity index (χ1n) is 9.52. The molecule has 1 heteroatoms. The van der Waals surface area contributed by atoms with E-state index < -0.39 is 0 Å². The second kappa shape index (κ2) is 10.5. The molecule has 0 bridgehead atoms. The maximum atomic E-state index is 3.80. The number of hydrogen-bond donors (Lipinski definition) is 0. The Morgan fingerprint density at radius 2 is 1.96 bits per heavy atom. The predicted octanol–water partition coefficient (Wildman–Crippen LogP) is 7.40. The molecule has 1 heterocycles. The Hall–Kier alpha value is -2.54. The van der Waals surface area contributed by atoms with Crippen LogP contribution in [0.25, 0.3) is 17.0 Å². The zero-order valence-corrected chi connectivity index (χ0v) is 16.4. The Labute approximate surface area is 158 Å². The number of aryl methyl sites for hydroxylation is 1. The lowest BCUT2D eigenvalue weighted by Gasteiger charge is -2.06. The second-order valence-electron chi connectivity index (χ2n) is 6.46. The van der Waals surface area contributed by atoms with Crippen LogP contribution in [0, 0.1) is 6.92 Å². The fourth-order valence-electron chi connectivity index (χ4n) is 3.29. The first-order valence-corrected chi connectivity index (χ1v) is 9.52. The van der Waals surface area contributed by atoms with Gasteiger partial charge in [0.15, 0.2) is 0 Å². The molecule has 0 fully saturated rings. The van der Waals surface area contributed by atoms with Crippen molar-refractivity contribution in [3.8, 4) is 0 Å². The largest absolute Gasteiger partial charge is 0.337 e. The van der Waals surface area contributed by atoms with E-state index in [9.17, 15) is 0 Å². The van der Waals surface area contributed by atoms with Crippen molar-refractivity contribution in [1.29, 1.82) is 0 Å². The highest BCUT2D eigenvalue weighted by molar-refractivity contribution is 5.88. The summed E-state index contributed by atoms with van der Waals surface area (Å²) in [5.74, 6) is 0. The van der Waals surface area contributed by atoms with Gasteiger partial charge in [0, 0.05) is 23.1 Å². The molecule has 1 nitrogen and oxygen atoms in total. The van der Waals surface area contributed by atoms with Crippen LogP contribution in [-0.4, -0.2) is 4.57 Å². The lowest BCUT2D eigenvalue weighted by atomic mass is 10.1. The normalized spacial score (nSPS) is 13.0. The van der Waals surface area contributed by atoms with Crippen molar-refractivity contribution in [3.05, 3.63) is 90.2 Å². The van der Waals surface area contributed by atoms with E-state index in [-0.39, 0.29) is 0 Å². The molecule has 0 saturated heterocycles. The van der Waals surface area contributed by atoms with Crippen molar-refractivity contribution in [1.82, 2.24) is 4.57 Å². The van der Waals surface area contributed by atoms with Crippen molar-refractivity contribution in [2.24, 2.45) is 0 Å². The summed E-state index contributed by atoms with van der Waals surface area (Å²) in [5, 5.41) is 1.32. The van der Waals surface area contributed by atoms with E-state index in [0.717, 1.165) is 19.4 Å². The van der Waals surface area contributed by atoms with Crippen LogP contribution in [0.1, 0.15) is 44.4 Å². The number of allylic oxidation sites excluding steroid dienone is 8. The molecule has 26 heavy (non-hydrogen) atoms. The lowest BCUT2D eigenvalue weighted by molar-refractivity contribution is 0.831. The first-order chi connectivity index (χ1) is 12.7. The number of hydrogen-bond acceptors (Lipinski definition) is 0. The summed E-state index contributed by atoms with van der Waals surface area (Å²) in [4.78, 5) is 0. The molecule has 2 aromatic rings. The number of unbranched alkanes of at least 4 members (excludes halogenated alkanes) is 1. The smallest absolute Gasteiger partial charge is 0.0490 e. The summed E-state index contributed by atoms with van der Waals surface area (Å²) >= 11 is 0. The SMILES string of the molecule is C=C/C=C\c1c(C)c2ccccc2n1C/C=C\C(=C/C)CCC/C=C/C. The summed E-state index contributed by atoms with van der Waals surface area (Å²) in [7, 11) is 0. The van der Waals surface area contributed by atoms with Crippen molar-refractivity contribution < 1.29 is 0 Å². The summed E-state index contributed by atoms with van der Waals surface area (Å²) < 4.78 is 2.38. The summed E-state index contributed by atoms with van der Waals surface area (Å²) in [6.45, 7) is 11.1. The van der Waals surface area contributed by atoms with Gasteiger partial charge >= 0.3 is 0 Å². The van der Waals surface area contributed by atoms with Gasteiger partial charge in [-0.05, 0) is 57.7 Å². The van der Waals surface area contributed by atoms with E-state index >= 15 is 0 Å². The van der Waals surface area contributed by atoms with Crippen molar-refractivity contribution in [2.75, 3.05) is 0 Å². The van der Waals surface area contributed by atoms with E-state index in [1.165, 1.54) is 34.2 Å². The Morgan fingerprint density at radius 1 is 1.15 bits per heavy atom. The third-order valence-corrected chi connectivity index (χ3v) is 4.73. The lowest BCUT2D eigenvalue weighted by Crippen LogP contribution is -1.98. The highest BCUT2D eigenvalue weighted by atomic mass is 15.0. The van der Waals surface area contributed by atoms with Gasteiger partial charge in [0.1, 0.15) is 0 Å². The van der Waals surface area contributed by atoms with Gasteiger partial charge in [-0.1, -0.05) is 72.9 Å². The third-order valence-electron chi connectivity index (χ3n) is 4.73. The molecule has 0 unspecified atom stereocenters. The van der Waals surface area contributed by atoms with Crippen LogP contribution >= 0.6 is 0 Å². The molecule has 0 aliphatic carbocycles. The molecule has 0 aliphatic rings. The topological polar surface area (TPSA) is 4.93 Å². The van der Waals surface area contributed by atoms with Crippen molar-refractivity contribution in [3.63, 3.8) is 0 Å². The summed E-state index contributed by atoms with van der Waals surface area (Å²) in [6, 6.07) is 8.63. The van der Waals surface area contributed by atoms with E-state index in [4.69, 9.17) is 0 Å². The number of benzene rings is 1. The van der Waals surface area contributed by atoms with Gasteiger partial charge in [0.25, 0.3) is 0 Å². The molecule has 0 atom stereocenters. The van der Waals surface area contributed by atoms with Crippen LogP contribution in [-0.2, 0) is 6.54 Å². The van der Waals surface area contributed by atoms with Crippen molar-refractivity contribution >= 4 is 17.0 Å². The standard InChI is InChI=1S/C25H31N/c1-5-8-10-11-15-22(7-3)16-14-20-26-24(18-9-6-2)21(4)23-17-12-13-19-25(23)26/h5-9,12-14,16-19H,2,10-11,15,20H2,1,3-4H3/b8-5+,16-14-,18-9-,22-7-. The van der Waals surface area contributed by atoms with Crippen LogP contribution in [0.15, 0.2) is 78.9 Å². The monoisotopic (exact) mass is 345 g/mol. The molecule has 136 valence electrons. The van der Waals surface area contributed by atoms with E-state index in [1.807, 2.05) is 12.2 Å². The van der Waals surface area contributed by atoms with Gasteiger partial charge in [-0.2, -0.15) is 0 Å². The average molecular weight is 346 g/mol. The predicted molar refractivity (Wildman–Crippen MR) is 117 cm³/mol. The van der Waals surface area contributed by atoms with Gasteiger partial charge in [0.05, 0.1) is 0 Å². The minimum absolute atomic E-state index is 0.872. The minimum Gasteiger partial charge on any atom is -0.337 e. The van der Waals surface area contributed by atoms with Crippen molar-refractivity contribution in [2.45, 2.75) is 46.6 Å². The molecule has 0 N–H and O–H groups in total. The van der Waals surface area contributed by atoms with Crippen LogP contribution in [0.4, 0.5) is 0 Å². The minimum atomic E-state index is 0.872. The first kappa shape index (κ1) is 19.8. The fraction of sp³-hybridized carbons (Fsp3) is 0.280. The number of fused-ring (bicyclic) bond motifs is 1. The van der Waals surface area contributed by atoms with Crippen LogP contribution in [0.5, 0.6) is 0 Å². The van der Waals surface area contributed by atoms with E-state index in [0.29, 0.717) is 0 Å². The van der Waals surface area contributed by atoms with Gasteiger partial charge in [-0.15, -0.1) is 0 Å². The van der Waals surface area contributed by atoms with Gasteiger partial charge < -0.3 is 4.57 Å². The molecule has 2 rings (SSSR count). The van der Waals surface area contributed by atoms with E-state index in [2.05, 4.69) is 92.6 Å². The summed E-state index contributed by atoms with van der Waals surface area (Å²) in [5.41, 5.74) is 5.27. The quantitative estimate of drug-likeness (QED) is 0.253. The second-order valence-corrected chi connectivity index (χ2v) is 6.46. The van der Waals surface area contributed by atoms with E-state index in [1.54, 1.807) is 0 Å². The van der Waals surface area contributed by atoms with Crippen LogP contribution in [0.2, 0.25) is 0 Å². The maximum Gasteiger partial charge on any atom is 0.0490 e. The molecule has 0 aliphatic heterocycles. The molecular weight excluding hydrogens is 314 g/mol. The molecule has 1 aromatic carbocycles. The number of rotatable bonds is 9. The van der Waals surface area contributed by atoms with Crippen LogP contribution in [0.3, 0.4) is 0 Å². The Bertz CT molecular complexity index is 840. The van der Waals surface area contributed by atoms with Gasteiger partial charge in [0.2, 0.25) is 0 Å². The Kier molecular flexibility index (Phi) is 7.95. The third kappa shape index (κ3) is 4.98. The van der Waals surface area contributed by atoms with Crippen LogP contribution < -0.4 is 0 Å². The molecule has 0 radical (unpaired) electrons. The molecular formula is C25H31N.